The fraction of sp³-hybridized carbons (Fsp3) is 1.00. The predicted molar refractivity (Wildman–Crippen MR) is 73.2 cm³/mol. The average Bonchev–Trinajstić information content (AvgIpc) is 3.17. The first-order valence-electron chi connectivity index (χ1n) is 7.11. The van der Waals surface area contributed by atoms with E-state index < -0.39 is 0 Å². The molecule has 0 aromatic rings. The van der Waals surface area contributed by atoms with Crippen LogP contribution in [0.5, 0.6) is 0 Å². The highest BCUT2D eigenvalue weighted by atomic mass is 16.3. The van der Waals surface area contributed by atoms with Gasteiger partial charge in [-0.2, -0.15) is 0 Å². The van der Waals surface area contributed by atoms with Crippen molar-refractivity contribution >= 4 is 0 Å². The minimum atomic E-state index is 0.246. The summed E-state index contributed by atoms with van der Waals surface area (Å²) in [6, 6.07) is 1.04. The van der Waals surface area contributed by atoms with Crippen molar-refractivity contribution in [1.82, 2.24) is 10.2 Å². The van der Waals surface area contributed by atoms with Crippen molar-refractivity contribution in [3.8, 4) is 0 Å². The van der Waals surface area contributed by atoms with Crippen molar-refractivity contribution in [3.63, 3.8) is 0 Å². The van der Waals surface area contributed by atoms with Gasteiger partial charge in [0.25, 0.3) is 0 Å². The Balaban J connectivity index is 2.48. The summed E-state index contributed by atoms with van der Waals surface area (Å²) in [6.45, 7) is 9.10. The molecule has 0 aromatic heterocycles. The molecule has 0 bridgehead atoms. The summed E-state index contributed by atoms with van der Waals surface area (Å²) in [5, 5.41) is 12.9. The fourth-order valence-electron chi connectivity index (χ4n) is 2.25. The molecule has 102 valence electrons. The molecule has 1 fully saturated rings. The number of hydrogen-bond acceptors (Lipinski definition) is 3. The Bertz CT molecular complexity index is 212. The van der Waals surface area contributed by atoms with Gasteiger partial charge in [0.05, 0.1) is 6.61 Å². The van der Waals surface area contributed by atoms with Crippen LogP contribution < -0.4 is 5.32 Å². The van der Waals surface area contributed by atoms with Crippen LogP contribution in [0, 0.1) is 5.41 Å². The van der Waals surface area contributed by atoms with E-state index >= 15 is 0 Å². The molecule has 1 rings (SSSR count). The van der Waals surface area contributed by atoms with Gasteiger partial charge in [0, 0.05) is 25.2 Å². The quantitative estimate of drug-likeness (QED) is 0.648. The number of rotatable bonds is 9. The lowest BCUT2D eigenvalue weighted by Crippen LogP contribution is -2.46. The molecule has 2 N–H and O–H groups in total. The van der Waals surface area contributed by atoms with Gasteiger partial charge in [-0.25, -0.2) is 0 Å². The number of nitrogens with one attached hydrogen (secondary N) is 1. The van der Waals surface area contributed by atoms with Crippen LogP contribution in [-0.2, 0) is 0 Å². The molecule has 1 saturated carbocycles. The third-order valence-corrected chi connectivity index (χ3v) is 4.44. The molecule has 17 heavy (non-hydrogen) atoms. The van der Waals surface area contributed by atoms with Gasteiger partial charge in [-0.15, -0.1) is 0 Å². The average molecular weight is 242 g/mol. The van der Waals surface area contributed by atoms with Crippen LogP contribution in [0.15, 0.2) is 0 Å². The van der Waals surface area contributed by atoms with Gasteiger partial charge >= 0.3 is 0 Å². The van der Waals surface area contributed by atoms with Crippen molar-refractivity contribution in [3.05, 3.63) is 0 Å². The molecule has 0 aromatic carbocycles. The van der Waals surface area contributed by atoms with E-state index in [1.165, 1.54) is 25.7 Å². The number of hydrogen-bond donors (Lipinski definition) is 2. The monoisotopic (exact) mass is 242 g/mol. The minimum Gasteiger partial charge on any atom is -0.395 e. The first-order valence-corrected chi connectivity index (χ1v) is 7.11. The number of nitrogens with zero attached hydrogens (tertiary/aromatic N) is 1. The lowest BCUT2D eigenvalue weighted by atomic mass is 9.81. The summed E-state index contributed by atoms with van der Waals surface area (Å²) in [6.07, 6.45) is 5.11. The highest BCUT2D eigenvalue weighted by Crippen LogP contribution is 2.29. The van der Waals surface area contributed by atoms with Gasteiger partial charge in [0.1, 0.15) is 0 Å². The van der Waals surface area contributed by atoms with E-state index in [1.54, 1.807) is 0 Å². The Morgan fingerprint density at radius 2 is 1.94 bits per heavy atom. The van der Waals surface area contributed by atoms with Gasteiger partial charge in [-0.3, -0.25) is 0 Å². The molecular formula is C14H30N2O. The summed E-state index contributed by atoms with van der Waals surface area (Å²) in [5.41, 5.74) is 0.362. The number of likely N-dealkylation sites (N-methyl/N-ethyl adjacent to an activating group) is 1. The molecule has 0 heterocycles. The Hall–Kier alpha value is -0.120. The second-order valence-corrected chi connectivity index (χ2v) is 5.81. The van der Waals surface area contributed by atoms with Gasteiger partial charge in [-0.1, -0.05) is 13.8 Å². The van der Waals surface area contributed by atoms with E-state index in [1.807, 2.05) is 0 Å². The molecule has 1 aliphatic rings. The van der Waals surface area contributed by atoms with Crippen molar-refractivity contribution in [2.45, 2.75) is 58.5 Å². The zero-order valence-corrected chi connectivity index (χ0v) is 12.0. The molecule has 3 nitrogen and oxygen atoms in total. The number of aliphatic hydroxyl groups excluding tert-OH is 1. The maximum atomic E-state index is 9.22. The van der Waals surface area contributed by atoms with Gasteiger partial charge in [0.2, 0.25) is 0 Å². The Kier molecular flexibility index (Phi) is 5.90. The second kappa shape index (κ2) is 6.72. The molecule has 3 heteroatoms. The highest BCUT2D eigenvalue weighted by molar-refractivity contribution is 4.88. The van der Waals surface area contributed by atoms with Crippen molar-refractivity contribution in [1.29, 1.82) is 0 Å². The maximum Gasteiger partial charge on any atom is 0.0584 e. The first kappa shape index (κ1) is 14.9. The van der Waals surface area contributed by atoms with Crippen LogP contribution in [0.25, 0.3) is 0 Å². The predicted octanol–water partition coefficient (Wildman–Crippen LogP) is 1.86. The second-order valence-electron chi connectivity index (χ2n) is 5.81. The lowest BCUT2D eigenvalue weighted by molar-refractivity contribution is 0.0949. The largest absolute Gasteiger partial charge is 0.395 e. The van der Waals surface area contributed by atoms with E-state index in [2.05, 4.69) is 38.0 Å². The van der Waals surface area contributed by atoms with Crippen molar-refractivity contribution in [2.24, 2.45) is 5.41 Å². The standard InChI is InChI=1S/C14H30N2O/c1-5-14(6-2,10-15-13-7-8-13)11-16(4)12(3)9-17/h12-13,15,17H,5-11H2,1-4H3. The summed E-state index contributed by atoms with van der Waals surface area (Å²) in [5.74, 6) is 0. The van der Waals surface area contributed by atoms with Crippen LogP contribution in [-0.4, -0.2) is 48.8 Å². The molecule has 0 saturated heterocycles. The molecule has 0 amide bonds. The highest BCUT2D eigenvalue weighted by Gasteiger charge is 2.31. The van der Waals surface area contributed by atoms with Crippen LogP contribution >= 0.6 is 0 Å². The van der Waals surface area contributed by atoms with Crippen LogP contribution in [0.4, 0.5) is 0 Å². The van der Waals surface area contributed by atoms with Crippen LogP contribution in [0.2, 0.25) is 0 Å². The van der Waals surface area contributed by atoms with E-state index in [-0.39, 0.29) is 12.6 Å². The summed E-state index contributed by atoms with van der Waals surface area (Å²) < 4.78 is 0. The molecule has 1 aliphatic carbocycles. The summed E-state index contributed by atoms with van der Waals surface area (Å²) >= 11 is 0. The topological polar surface area (TPSA) is 35.5 Å². The SMILES string of the molecule is CCC(CC)(CNC1CC1)CN(C)C(C)CO. The third-order valence-electron chi connectivity index (χ3n) is 4.44. The van der Waals surface area contributed by atoms with E-state index in [4.69, 9.17) is 0 Å². The number of aliphatic hydroxyl groups is 1. The van der Waals surface area contributed by atoms with E-state index in [9.17, 15) is 5.11 Å². The van der Waals surface area contributed by atoms with Gasteiger partial charge in [0.15, 0.2) is 0 Å². The van der Waals surface area contributed by atoms with Crippen molar-refractivity contribution in [2.75, 3.05) is 26.7 Å². The first-order chi connectivity index (χ1) is 8.06. The normalized spacial score (nSPS) is 18.7. The smallest absolute Gasteiger partial charge is 0.0584 e. The Morgan fingerprint density at radius 1 is 1.35 bits per heavy atom. The molecule has 1 atom stereocenters. The molecule has 0 spiro atoms. The van der Waals surface area contributed by atoms with Crippen LogP contribution in [0.3, 0.4) is 0 Å². The minimum absolute atomic E-state index is 0.246. The summed E-state index contributed by atoms with van der Waals surface area (Å²) in [7, 11) is 2.12. The Morgan fingerprint density at radius 3 is 2.35 bits per heavy atom. The van der Waals surface area contributed by atoms with Crippen molar-refractivity contribution < 1.29 is 5.11 Å². The lowest BCUT2D eigenvalue weighted by Gasteiger charge is -2.38. The zero-order chi connectivity index (χ0) is 12.9. The third kappa shape index (κ3) is 4.57. The molecule has 0 radical (unpaired) electrons. The molecule has 0 aliphatic heterocycles. The molecule has 1 unspecified atom stereocenters. The zero-order valence-electron chi connectivity index (χ0n) is 12.0. The molecular weight excluding hydrogens is 212 g/mol. The maximum absolute atomic E-state index is 9.22. The van der Waals surface area contributed by atoms with E-state index in [0.717, 1.165) is 19.1 Å². The fourth-order valence-corrected chi connectivity index (χ4v) is 2.25. The van der Waals surface area contributed by atoms with Gasteiger partial charge in [-0.05, 0) is 45.1 Å². The Labute approximate surface area is 107 Å². The van der Waals surface area contributed by atoms with Crippen LogP contribution in [0.1, 0.15) is 46.5 Å². The van der Waals surface area contributed by atoms with E-state index in [0.29, 0.717) is 5.41 Å². The van der Waals surface area contributed by atoms with Gasteiger partial charge < -0.3 is 15.3 Å². The summed E-state index contributed by atoms with van der Waals surface area (Å²) in [4.78, 5) is 2.29.